The number of rotatable bonds is 7. The fraction of sp³-hybridized carbons (Fsp3) is 0.259. The van der Waals surface area contributed by atoms with Crippen molar-refractivity contribution in [3.8, 4) is 6.07 Å². The van der Waals surface area contributed by atoms with Crippen molar-refractivity contribution >= 4 is 56.0 Å². The maximum atomic E-state index is 12.9. The van der Waals surface area contributed by atoms with E-state index in [0.717, 1.165) is 24.1 Å². The molecule has 2 aromatic heterocycles. The number of hydrogen-bond donors (Lipinski definition) is 2. The first-order chi connectivity index (χ1) is 17.7. The van der Waals surface area contributed by atoms with E-state index in [-0.39, 0.29) is 17.7 Å². The number of nitrogens with one attached hydrogen (secondary N) is 2. The Hall–Kier alpha value is -4.36. The molecule has 37 heavy (non-hydrogen) atoms. The molecule has 5 rings (SSSR count). The summed E-state index contributed by atoms with van der Waals surface area (Å²) in [6.45, 7) is 3.64. The lowest BCUT2D eigenvalue weighted by molar-refractivity contribution is -0.117. The Balaban J connectivity index is 1.32. The van der Waals surface area contributed by atoms with Crippen LogP contribution in [0.1, 0.15) is 42.6 Å². The minimum atomic E-state index is -0.693. The van der Waals surface area contributed by atoms with E-state index >= 15 is 0 Å². The van der Waals surface area contributed by atoms with Crippen molar-refractivity contribution in [1.82, 2.24) is 15.0 Å². The van der Waals surface area contributed by atoms with Crippen molar-refractivity contribution in [1.29, 1.82) is 5.26 Å². The van der Waals surface area contributed by atoms with Crippen LogP contribution in [0.15, 0.2) is 54.7 Å². The summed E-state index contributed by atoms with van der Waals surface area (Å²) in [5.74, 6) is 0.300. The first kappa shape index (κ1) is 24.3. The Bertz CT molecular complexity index is 1550. The van der Waals surface area contributed by atoms with Crippen molar-refractivity contribution in [2.45, 2.75) is 32.1 Å². The highest BCUT2D eigenvalue weighted by atomic mass is 32.1. The predicted molar refractivity (Wildman–Crippen MR) is 144 cm³/mol. The van der Waals surface area contributed by atoms with Gasteiger partial charge in [0, 0.05) is 29.9 Å². The van der Waals surface area contributed by atoms with Crippen molar-refractivity contribution in [3.63, 3.8) is 0 Å². The second-order valence-corrected chi connectivity index (χ2v) is 10.5. The number of thiazole rings is 1. The lowest BCUT2D eigenvalue weighted by Gasteiger charge is -2.18. The van der Waals surface area contributed by atoms with Crippen LogP contribution in [-0.4, -0.2) is 33.8 Å². The first-order valence-corrected chi connectivity index (χ1v) is 12.7. The van der Waals surface area contributed by atoms with Gasteiger partial charge in [0.15, 0.2) is 9.96 Å². The Morgan fingerprint density at radius 1 is 1.11 bits per heavy atom. The van der Waals surface area contributed by atoms with Crippen molar-refractivity contribution in [3.05, 3.63) is 65.9 Å². The van der Waals surface area contributed by atoms with E-state index < -0.39 is 5.41 Å². The number of nitriles is 1. The molecule has 9 nitrogen and oxygen atoms in total. The first-order valence-electron chi connectivity index (χ1n) is 11.8. The van der Waals surface area contributed by atoms with Gasteiger partial charge in [0.1, 0.15) is 5.52 Å². The minimum Gasteiger partial charge on any atom is -0.322 e. The number of carbonyl (C=O) groups excluding carboxylic acids is 2. The molecule has 0 spiro atoms. The molecule has 0 atom stereocenters. The van der Waals surface area contributed by atoms with Gasteiger partial charge in [-0.2, -0.15) is 10.2 Å². The van der Waals surface area contributed by atoms with E-state index in [2.05, 4.69) is 31.7 Å². The molecular weight excluding hydrogens is 486 g/mol. The summed E-state index contributed by atoms with van der Waals surface area (Å²) in [7, 11) is 1.84. The van der Waals surface area contributed by atoms with E-state index in [4.69, 9.17) is 0 Å². The second-order valence-electron chi connectivity index (χ2n) is 9.52. The molecule has 10 heteroatoms. The zero-order chi connectivity index (χ0) is 26.2. The number of hydrogen-bond acceptors (Lipinski definition) is 8. The highest BCUT2D eigenvalue weighted by Gasteiger charge is 2.30. The molecule has 4 aromatic rings. The third-order valence-corrected chi connectivity index (χ3v) is 7.11. The summed E-state index contributed by atoms with van der Waals surface area (Å²) in [6.07, 6.45) is 3.49. The minimum absolute atomic E-state index is 0.00345. The van der Waals surface area contributed by atoms with Gasteiger partial charge in [-0.3, -0.25) is 9.59 Å². The quantitative estimate of drug-likeness (QED) is 0.347. The van der Waals surface area contributed by atoms with Crippen LogP contribution >= 0.6 is 11.3 Å². The Morgan fingerprint density at radius 2 is 1.89 bits per heavy atom. The topological polar surface area (TPSA) is 124 Å². The van der Waals surface area contributed by atoms with Gasteiger partial charge in [0.25, 0.3) is 5.91 Å². The normalized spacial score (nSPS) is 13.1. The number of fused-ring (bicyclic) bond motifs is 1. The SMILES string of the molecule is CN(c1cccc(NC(=O)c2cccc(C(C)(C)C#N)c2)c1)c1ncc2nc(NC(=O)C3CC3)sc2n1. The Kier molecular flexibility index (Phi) is 6.31. The number of benzene rings is 2. The summed E-state index contributed by atoms with van der Waals surface area (Å²) in [5.41, 5.74) is 2.58. The maximum absolute atomic E-state index is 12.9. The summed E-state index contributed by atoms with van der Waals surface area (Å²) >= 11 is 1.31. The fourth-order valence-electron chi connectivity index (χ4n) is 3.72. The highest BCUT2D eigenvalue weighted by molar-refractivity contribution is 7.21. The molecule has 2 heterocycles. The molecule has 0 radical (unpaired) electrons. The molecule has 0 saturated heterocycles. The standard InChI is InChI=1S/C27H25N7O2S/c1-27(2,15-28)18-7-4-6-17(12-18)23(36)30-19-8-5-9-20(13-19)34(3)25-29-14-21-24(33-25)37-26(31-21)32-22(35)16-10-11-16/h4-9,12-14,16H,10-11H2,1-3H3,(H,30,36)(H,31,32,35). The molecule has 0 bridgehead atoms. The van der Waals surface area contributed by atoms with Crippen LogP contribution < -0.4 is 15.5 Å². The van der Waals surface area contributed by atoms with Crippen molar-refractivity contribution in [2.75, 3.05) is 22.6 Å². The van der Waals surface area contributed by atoms with Gasteiger partial charge in [-0.1, -0.05) is 29.5 Å². The van der Waals surface area contributed by atoms with E-state index in [9.17, 15) is 14.9 Å². The van der Waals surface area contributed by atoms with Crippen LogP contribution in [0.2, 0.25) is 0 Å². The van der Waals surface area contributed by atoms with Crippen molar-refractivity contribution in [2.24, 2.45) is 5.92 Å². The molecular formula is C27H25N7O2S. The number of nitrogens with zero attached hydrogens (tertiary/aromatic N) is 5. The van der Waals surface area contributed by atoms with E-state index in [1.165, 1.54) is 11.3 Å². The van der Waals surface area contributed by atoms with Crippen LogP contribution in [0, 0.1) is 17.2 Å². The average Bonchev–Trinajstić information content (AvgIpc) is 3.68. The molecule has 1 aliphatic carbocycles. The number of aromatic nitrogens is 3. The molecule has 1 saturated carbocycles. The summed E-state index contributed by atoms with van der Waals surface area (Å²) < 4.78 is 0. The van der Waals surface area contributed by atoms with Crippen LogP contribution in [0.25, 0.3) is 10.3 Å². The molecule has 2 N–H and O–H groups in total. The number of carbonyl (C=O) groups is 2. The molecule has 1 fully saturated rings. The van der Waals surface area contributed by atoms with Gasteiger partial charge < -0.3 is 15.5 Å². The molecule has 0 unspecified atom stereocenters. The highest BCUT2D eigenvalue weighted by Crippen LogP contribution is 2.32. The van der Waals surface area contributed by atoms with Gasteiger partial charge in [0.05, 0.1) is 17.7 Å². The molecule has 1 aliphatic rings. The smallest absolute Gasteiger partial charge is 0.255 e. The fourth-order valence-corrected chi connectivity index (χ4v) is 4.53. The molecule has 0 aliphatic heterocycles. The van der Waals surface area contributed by atoms with Crippen LogP contribution in [0.3, 0.4) is 0 Å². The van der Waals surface area contributed by atoms with Gasteiger partial charge in [-0.25, -0.2) is 9.97 Å². The zero-order valence-electron chi connectivity index (χ0n) is 20.6. The largest absolute Gasteiger partial charge is 0.322 e. The molecule has 2 aromatic carbocycles. The average molecular weight is 512 g/mol. The summed E-state index contributed by atoms with van der Waals surface area (Å²) in [5, 5.41) is 15.7. The summed E-state index contributed by atoms with van der Waals surface area (Å²) in [4.78, 5) is 41.0. The lowest BCUT2D eigenvalue weighted by atomic mass is 9.85. The lowest BCUT2D eigenvalue weighted by Crippen LogP contribution is -2.17. The monoisotopic (exact) mass is 511 g/mol. The van der Waals surface area contributed by atoms with Gasteiger partial charge in [0.2, 0.25) is 11.9 Å². The van der Waals surface area contributed by atoms with Crippen LogP contribution in [0.5, 0.6) is 0 Å². The Labute approximate surface area is 218 Å². The van der Waals surface area contributed by atoms with Crippen LogP contribution in [-0.2, 0) is 10.2 Å². The van der Waals surface area contributed by atoms with Gasteiger partial charge >= 0.3 is 0 Å². The predicted octanol–water partition coefficient (Wildman–Crippen LogP) is 5.26. The van der Waals surface area contributed by atoms with Gasteiger partial charge in [-0.05, 0) is 62.6 Å². The third-order valence-electron chi connectivity index (χ3n) is 6.23. The van der Waals surface area contributed by atoms with E-state index in [0.29, 0.717) is 32.7 Å². The second kappa shape index (κ2) is 9.59. The van der Waals surface area contributed by atoms with Crippen molar-refractivity contribution < 1.29 is 9.59 Å². The Morgan fingerprint density at radius 3 is 2.65 bits per heavy atom. The molecule has 186 valence electrons. The van der Waals surface area contributed by atoms with E-state index in [1.54, 1.807) is 30.5 Å². The number of amides is 2. The van der Waals surface area contributed by atoms with E-state index in [1.807, 2.05) is 50.1 Å². The molecule has 2 amide bonds. The number of anilines is 4. The maximum Gasteiger partial charge on any atom is 0.255 e. The summed E-state index contributed by atoms with van der Waals surface area (Å²) in [6, 6.07) is 16.7. The van der Waals surface area contributed by atoms with Crippen LogP contribution in [0.4, 0.5) is 22.5 Å². The third kappa shape index (κ3) is 5.27. The van der Waals surface area contributed by atoms with Gasteiger partial charge in [-0.15, -0.1) is 0 Å². The zero-order valence-corrected chi connectivity index (χ0v) is 21.5.